The molecular formula is C26H24N6OS. The van der Waals surface area contributed by atoms with Crippen molar-refractivity contribution in [3.63, 3.8) is 0 Å². The summed E-state index contributed by atoms with van der Waals surface area (Å²) in [6, 6.07) is 15.8. The van der Waals surface area contributed by atoms with Gasteiger partial charge in [0.1, 0.15) is 22.7 Å². The molecule has 0 aliphatic carbocycles. The van der Waals surface area contributed by atoms with Gasteiger partial charge in [-0.3, -0.25) is 4.21 Å². The summed E-state index contributed by atoms with van der Waals surface area (Å²) in [4.78, 5) is 16.5. The Morgan fingerprint density at radius 1 is 0.676 bits per heavy atom. The van der Waals surface area contributed by atoms with Crippen molar-refractivity contribution in [3.05, 3.63) is 109 Å². The maximum Gasteiger partial charge on any atom is 0.138 e. The van der Waals surface area contributed by atoms with Gasteiger partial charge in [0.25, 0.3) is 0 Å². The van der Waals surface area contributed by atoms with Gasteiger partial charge in [-0.2, -0.15) is 0 Å². The number of aromatic nitrogens is 4. The molecule has 2 atom stereocenters. The molecule has 0 bridgehead atoms. The number of H-pyrrole nitrogens is 2. The van der Waals surface area contributed by atoms with Crippen LogP contribution in [0.3, 0.4) is 0 Å². The number of allylic oxidation sites excluding steroid dienone is 4. The Kier molecular flexibility index (Phi) is 4.95. The largest absolute Gasteiger partial charge is 0.375 e. The summed E-state index contributed by atoms with van der Waals surface area (Å²) >= 11 is 0. The number of aromatic amines is 2. The van der Waals surface area contributed by atoms with Crippen LogP contribution in [0.1, 0.15) is 11.6 Å². The molecule has 2 aromatic heterocycles. The van der Waals surface area contributed by atoms with Crippen LogP contribution in [0.15, 0.2) is 97.4 Å². The molecule has 0 fully saturated rings. The maximum absolute atomic E-state index is 13.8. The summed E-state index contributed by atoms with van der Waals surface area (Å²) in [6.07, 6.45) is 15.6. The fourth-order valence-electron chi connectivity index (χ4n) is 4.54. The fourth-order valence-corrected chi connectivity index (χ4v) is 6.29. The standard InChI is InChI=1S/C26H24N6OS/c33-34(17-25(13-5-7-15-27-25)23-29-19-9-1-2-10-20(19)30-23)18-26(14-6-8-16-28-26)24-31-21-11-3-4-12-22(21)32-24/h1-16,27-28H,17-18H2,(H,29,30)(H,31,32). The summed E-state index contributed by atoms with van der Waals surface area (Å²) in [7, 11) is -1.25. The third-order valence-electron chi connectivity index (χ3n) is 6.26. The molecule has 8 heteroatoms. The highest BCUT2D eigenvalue weighted by molar-refractivity contribution is 7.85. The minimum absolute atomic E-state index is 0.342. The van der Waals surface area contributed by atoms with Crippen LogP contribution in [0, 0.1) is 0 Å². The molecule has 0 saturated carbocycles. The molecule has 2 aliphatic rings. The third-order valence-corrected chi connectivity index (χ3v) is 7.81. The summed E-state index contributed by atoms with van der Waals surface area (Å²) in [5.74, 6) is 2.17. The third kappa shape index (κ3) is 3.56. The molecule has 0 radical (unpaired) electrons. The maximum atomic E-state index is 13.8. The first-order valence-corrected chi connectivity index (χ1v) is 12.6. The number of nitrogens with one attached hydrogen (secondary N) is 4. The Morgan fingerprint density at radius 2 is 1.15 bits per heavy atom. The Bertz CT molecular complexity index is 1330. The molecule has 34 heavy (non-hydrogen) atoms. The van der Waals surface area contributed by atoms with Crippen molar-refractivity contribution in [1.29, 1.82) is 0 Å². The molecule has 4 heterocycles. The lowest BCUT2D eigenvalue weighted by molar-refractivity contribution is 0.481. The highest BCUT2D eigenvalue weighted by Crippen LogP contribution is 2.30. The van der Waals surface area contributed by atoms with Crippen LogP contribution < -0.4 is 10.6 Å². The normalized spacial score (nSPS) is 24.4. The number of dihydropyridines is 2. The van der Waals surface area contributed by atoms with E-state index in [1.165, 1.54) is 0 Å². The average molecular weight is 469 g/mol. The van der Waals surface area contributed by atoms with E-state index in [0.717, 1.165) is 33.7 Å². The predicted octanol–water partition coefficient (Wildman–Crippen LogP) is 3.62. The Labute approximate surface area is 199 Å². The molecule has 6 rings (SSSR count). The molecule has 0 saturated heterocycles. The van der Waals surface area contributed by atoms with Crippen LogP contribution in [0.2, 0.25) is 0 Å². The molecule has 2 aliphatic heterocycles. The van der Waals surface area contributed by atoms with Gasteiger partial charge in [0.05, 0.1) is 33.6 Å². The van der Waals surface area contributed by atoms with E-state index in [2.05, 4.69) is 20.6 Å². The summed E-state index contributed by atoms with van der Waals surface area (Å²) in [5.41, 5.74) is 2.26. The second kappa shape index (κ2) is 8.14. The summed E-state index contributed by atoms with van der Waals surface area (Å²) in [5, 5.41) is 6.84. The number of para-hydroxylation sites is 4. The molecule has 4 N–H and O–H groups in total. The van der Waals surface area contributed by atoms with Crippen molar-refractivity contribution in [1.82, 2.24) is 30.6 Å². The van der Waals surface area contributed by atoms with E-state index < -0.39 is 21.9 Å². The summed E-state index contributed by atoms with van der Waals surface area (Å²) in [6.45, 7) is 0. The van der Waals surface area contributed by atoms with Gasteiger partial charge in [-0.15, -0.1) is 0 Å². The van der Waals surface area contributed by atoms with Gasteiger partial charge in [0, 0.05) is 10.8 Å². The Morgan fingerprint density at radius 3 is 1.56 bits per heavy atom. The van der Waals surface area contributed by atoms with E-state index in [1.807, 2.05) is 97.4 Å². The highest BCUT2D eigenvalue weighted by atomic mass is 32.2. The quantitative estimate of drug-likeness (QED) is 0.346. The zero-order valence-electron chi connectivity index (χ0n) is 18.4. The van der Waals surface area contributed by atoms with Crippen molar-refractivity contribution in [2.75, 3.05) is 11.5 Å². The number of fused-ring (bicyclic) bond motifs is 2. The molecule has 4 aromatic rings. The number of benzene rings is 2. The Balaban J connectivity index is 1.34. The van der Waals surface area contributed by atoms with E-state index in [-0.39, 0.29) is 0 Å². The lowest BCUT2D eigenvalue weighted by Gasteiger charge is -2.34. The van der Waals surface area contributed by atoms with E-state index in [9.17, 15) is 4.21 Å². The molecule has 170 valence electrons. The van der Waals surface area contributed by atoms with Crippen LogP contribution >= 0.6 is 0 Å². The lowest BCUT2D eigenvalue weighted by Crippen LogP contribution is -2.49. The van der Waals surface area contributed by atoms with Crippen LogP contribution in [0.25, 0.3) is 22.1 Å². The first kappa shape index (κ1) is 20.7. The number of imidazole rings is 2. The topological polar surface area (TPSA) is 98.5 Å². The van der Waals surface area contributed by atoms with E-state index in [4.69, 9.17) is 9.97 Å². The van der Waals surface area contributed by atoms with Gasteiger partial charge in [0.2, 0.25) is 0 Å². The highest BCUT2D eigenvalue weighted by Gasteiger charge is 2.40. The molecule has 0 spiro atoms. The molecule has 2 aromatic carbocycles. The van der Waals surface area contributed by atoms with Gasteiger partial charge in [-0.25, -0.2) is 9.97 Å². The van der Waals surface area contributed by atoms with Crippen molar-refractivity contribution in [2.24, 2.45) is 0 Å². The van der Waals surface area contributed by atoms with Crippen molar-refractivity contribution in [3.8, 4) is 0 Å². The smallest absolute Gasteiger partial charge is 0.138 e. The Hall–Kier alpha value is -3.91. The minimum atomic E-state index is -1.25. The second-order valence-electron chi connectivity index (χ2n) is 8.60. The first-order valence-electron chi connectivity index (χ1n) is 11.2. The van der Waals surface area contributed by atoms with Crippen molar-refractivity contribution < 1.29 is 4.21 Å². The van der Waals surface area contributed by atoms with E-state index in [1.54, 1.807) is 0 Å². The van der Waals surface area contributed by atoms with Gasteiger partial charge >= 0.3 is 0 Å². The molecule has 0 amide bonds. The monoisotopic (exact) mass is 468 g/mol. The van der Waals surface area contributed by atoms with Gasteiger partial charge in [-0.05, 0) is 48.8 Å². The van der Waals surface area contributed by atoms with Gasteiger partial charge in [-0.1, -0.05) is 48.6 Å². The first-order chi connectivity index (χ1) is 16.7. The molecule has 2 unspecified atom stereocenters. The van der Waals surface area contributed by atoms with Crippen molar-refractivity contribution in [2.45, 2.75) is 11.1 Å². The number of nitrogens with zero attached hydrogens (tertiary/aromatic N) is 2. The molecular weight excluding hydrogens is 444 g/mol. The van der Waals surface area contributed by atoms with Gasteiger partial charge in [0.15, 0.2) is 0 Å². The predicted molar refractivity (Wildman–Crippen MR) is 136 cm³/mol. The molecule has 7 nitrogen and oxygen atoms in total. The summed E-state index contributed by atoms with van der Waals surface area (Å²) < 4.78 is 13.8. The minimum Gasteiger partial charge on any atom is -0.375 e. The zero-order valence-corrected chi connectivity index (χ0v) is 19.2. The fraction of sp³-hybridized carbons (Fsp3) is 0.154. The lowest BCUT2D eigenvalue weighted by atomic mass is 9.98. The SMILES string of the molecule is O=S(CC1(c2nc3ccccc3[nH]2)C=CC=CN1)CC1(c2nc3ccccc3[nH]2)C=CC=CN1. The van der Waals surface area contributed by atoms with Crippen LogP contribution in [0.4, 0.5) is 0 Å². The number of rotatable bonds is 6. The van der Waals surface area contributed by atoms with Gasteiger partial charge < -0.3 is 20.6 Å². The van der Waals surface area contributed by atoms with Crippen LogP contribution in [-0.2, 0) is 21.9 Å². The zero-order chi connectivity index (χ0) is 23.0. The van der Waals surface area contributed by atoms with Crippen LogP contribution in [0.5, 0.6) is 0 Å². The van der Waals surface area contributed by atoms with Crippen LogP contribution in [-0.4, -0.2) is 35.7 Å². The van der Waals surface area contributed by atoms with E-state index >= 15 is 0 Å². The number of hydrogen-bond donors (Lipinski definition) is 4. The average Bonchev–Trinajstić information content (AvgIpc) is 3.50. The number of hydrogen-bond acceptors (Lipinski definition) is 5. The second-order valence-corrected chi connectivity index (χ2v) is 10.1. The van der Waals surface area contributed by atoms with E-state index in [0.29, 0.717) is 11.5 Å². The van der Waals surface area contributed by atoms with Crippen molar-refractivity contribution >= 4 is 32.9 Å².